The fraction of sp³-hybridized carbons (Fsp3) is 0.583. The monoisotopic (exact) mass is 368 g/mol. The van der Waals surface area contributed by atoms with Crippen LogP contribution >= 0.6 is 0 Å². The number of carbonyl (C=O) groups excluding carboxylic acids is 2. The zero-order valence-electron chi connectivity index (χ0n) is 16.9. The molecule has 0 aliphatic heterocycles. The molecule has 2 saturated carbocycles. The third kappa shape index (κ3) is 3.88. The lowest BCUT2D eigenvalue weighted by atomic mass is 9.54. The average molecular weight is 369 g/mol. The molecular weight excluding hydrogens is 336 g/mol. The average Bonchev–Trinajstić information content (AvgIpc) is 2.69. The van der Waals surface area contributed by atoms with Crippen molar-refractivity contribution in [3.8, 4) is 0 Å². The Bertz CT molecular complexity index is 693. The van der Waals surface area contributed by atoms with E-state index < -0.39 is 0 Å². The number of aldehydes is 1. The summed E-state index contributed by atoms with van der Waals surface area (Å²) < 4.78 is 5.99. The number of benzene rings is 1. The minimum atomic E-state index is -0.240. The van der Waals surface area contributed by atoms with Gasteiger partial charge in [-0.3, -0.25) is 0 Å². The Morgan fingerprint density at radius 3 is 2.44 bits per heavy atom. The summed E-state index contributed by atoms with van der Waals surface area (Å²) in [5.41, 5.74) is 1.92. The molecule has 0 aromatic heterocycles. The lowest BCUT2D eigenvalue weighted by Crippen LogP contribution is -2.51. The third-order valence-electron chi connectivity index (χ3n) is 7.06. The summed E-state index contributed by atoms with van der Waals surface area (Å²) >= 11 is 0. The van der Waals surface area contributed by atoms with Gasteiger partial charge in [0.15, 0.2) is 0 Å². The molecule has 0 bridgehead atoms. The maximum Gasteiger partial charge on any atom is 0.338 e. The van der Waals surface area contributed by atoms with E-state index in [2.05, 4.69) is 33.8 Å². The topological polar surface area (TPSA) is 43.4 Å². The maximum absolute atomic E-state index is 12.6. The van der Waals surface area contributed by atoms with Crippen LogP contribution in [0.15, 0.2) is 42.0 Å². The van der Waals surface area contributed by atoms with Crippen molar-refractivity contribution < 1.29 is 14.3 Å². The van der Waals surface area contributed by atoms with E-state index in [0.29, 0.717) is 29.2 Å². The van der Waals surface area contributed by atoms with Crippen molar-refractivity contribution in [2.24, 2.45) is 35.5 Å². The fourth-order valence-corrected chi connectivity index (χ4v) is 5.72. The Balaban J connectivity index is 1.84. The highest BCUT2D eigenvalue weighted by Gasteiger charge is 2.50. The highest BCUT2D eigenvalue weighted by atomic mass is 16.5. The lowest BCUT2D eigenvalue weighted by Gasteiger charge is -2.52. The van der Waals surface area contributed by atoms with Gasteiger partial charge in [-0.25, -0.2) is 4.79 Å². The standard InChI is InChI=1S/C24H32O3/c1-5-15(2)22-17(4)13-19-21(12-11-16(3)23(19)20(22)14-25)27-24(26)18-9-7-6-8-10-18/h5-10,14,16-17,19-23H,11-13H2,1-4H3/t16-,17-,19-,20+,21-,22?,23+/m0/s1. The second-order valence-electron chi connectivity index (χ2n) is 8.59. The molecule has 2 aliphatic carbocycles. The van der Waals surface area contributed by atoms with Gasteiger partial charge >= 0.3 is 5.97 Å². The summed E-state index contributed by atoms with van der Waals surface area (Å²) in [5, 5.41) is 0. The van der Waals surface area contributed by atoms with E-state index in [-0.39, 0.29) is 23.9 Å². The van der Waals surface area contributed by atoms with Crippen LogP contribution in [0.5, 0.6) is 0 Å². The summed E-state index contributed by atoms with van der Waals surface area (Å²) in [6, 6.07) is 9.22. The van der Waals surface area contributed by atoms with Gasteiger partial charge < -0.3 is 9.53 Å². The predicted molar refractivity (Wildman–Crippen MR) is 107 cm³/mol. The molecule has 0 N–H and O–H groups in total. The van der Waals surface area contributed by atoms with E-state index in [9.17, 15) is 9.59 Å². The number of ether oxygens (including phenoxy) is 1. The summed E-state index contributed by atoms with van der Waals surface area (Å²) in [4.78, 5) is 24.8. The summed E-state index contributed by atoms with van der Waals surface area (Å²) in [6.07, 6.45) is 6.17. The molecule has 3 nitrogen and oxygen atoms in total. The van der Waals surface area contributed by atoms with Crippen LogP contribution in [0.2, 0.25) is 0 Å². The van der Waals surface area contributed by atoms with E-state index in [1.165, 1.54) is 11.9 Å². The predicted octanol–water partition coefficient (Wildman–Crippen LogP) is 5.31. The fourth-order valence-electron chi connectivity index (χ4n) is 5.72. The number of rotatable bonds is 4. The molecule has 27 heavy (non-hydrogen) atoms. The van der Waals surface area contributed by atoms with Crippen LogP contribution in [0.25, 0.3) is 0 Å². The van der Waals surface area contributed by atoms with Gasteiger partial charge in [-0.2, -0.15) is 0 Å². The zero-order valence-corrected chi connectivity index (χ0v) is 16.9. The van der Waals surface area contributed by atoms with Crippen molar-refractivity contribution in [3.05, 3.63) is 47.5 Å². The van der Waals surface area contributed by atoms with Crippen LogP contribution in [-0.4, -0.2) is 18.4 Å². The molecule has 2 aliphatic rings. The molecule has 146 valence electrons. The van der Waals surface area contributed by atoms with Crippen LogP contribution in [0.1, 0.15) is 57.3 Å². The molecule has 3 rings (SSSR count). The number of allylic oxidation sites excluding steroid dienone is 2. The Morgan fingerprint density at radius 1 is 1.11 bits per heavy atom. The largest absolute Gasteiger partial charge is 0.458 e. The second kappa shape index (κ2) is 8.41. The van der Waals surface area contributed by atoms with Gasteiger partial charge in [-0.15, -0.1) is 0 Å². The zero-order chi connectivity index (χ0) is 19.6. The molecule has 0 spiro atoms. The Hall–Kier alpha value is -1.90. The first-order chi connectivity index (χ1) is 13.0. The number of carbonyl (C=O) groups is 2. The summed E-state index contributed by atoms with van der Waals surface area (Å²) in [6.45, 7) is 8.73. The highest BCUT2D eigenvalue weighted by molar-refractivity contribution is 5.89. The van der Waals surface area contributed by atoms with E-state index >= 15 is 0 Å². The van der Waals surface area contributed by atoms with Crippen LogP contribution in [-0.2, 0) is 9.53 Å². The van der Waals surface area contributed by atoms with Gasteiger partial charge in [0.1, 0.15) is 12.4 Å². The van der Waals surface area contributed by atoms with Gasteiger partial charge in [-0.05, 0) is 68.9 Å². The molecule has 0 heterocycles. The molecular formula is C24H32O3. The van der Waals surface area contributed by atoms with E-state index in [0.717, 1.165) is 19.3 Å². The lowest BCUT2D eigenvalue weighted by molar-refractivity contribution is -0.126. The molecule has 3 heteroatoms. The Morgan fingerprint density at radius 2 is 1.81 bits per heavy atom. The van der Waals surface area contributed by atoms with Crippen LogP contribution in [0.4, 0.5) is 0 Å². The smallest absolute Gasteiger partial charge is 0.338 e. The normalized spacial score (nSPS) is 36.6. The summed E-state index contributed by atoms with van der Waals surface area (Å²) in [5.74, 6) is 1.55. The quantitative estimate of drug-likeness (QED) is 0.411. The Labute approximate surface area is 163 Å². The minimum Gasteiger partial charge on any atom is -0.458 e. The molecule has 2 fully saturated rings. The maximum atomic E-state index is 12.6. The highest BCUT2D eigenvalue weighted by Crippen LogP contribution is 2.52. The molecule has 0 radical (unpaired) electrons. The van der Waals surface area contributed by atoms with Crippen molar-refractivity contribution in [3.63, 3.8) is 0 Å². The van der Waals surface area contributed by atoms with Crippen LogP contribution in [0, 0.1) is 35.5 Å². The molecule has 1 aromatic carbocycles. The van der Waals surface area contributed by atoms with Crippen molar-refractivity contribution >= 4 is 12.3 Å². The minimum absolute atomic E-state index is 0.0168. The van der Waals surface area contributed by atoms with Gasteiger partial charge in [0.05, 0.1) is 5.56 Å². The molecule has 0 saturated heterocycles. The third-order valence-corrected chi connectivity index (χ3v) is 7.06. The first-order valence-corrected chi connectivity index (χ1v) is 10.3. The van der Waals surface area contributed by atoms with Gasteiger partial charge in [0, 0.05) is 11.8 Å². The Kier molecular flexibility index (Phi) is 6.18. The number of fused-ring (bicyclic) bond motifs is 1. The summed E-state index contributed by atoms with van der Waals surface area (Å²) in [7, 11) is 0. The first-order valence-electron chi connectivity index (χ1n) is 10.3. The van der Waals surface area contributed by atoms with Gasteiger partial charge in [0.25, 0.3) is 0 Å². The number of esters is 1. The second-order valence-corrected chi connectivity index (χ2v) is 8.59. The first kappa shape index (κ1) is 19.9. The van der Waals surface area contributed by atoms with Crippen LogP contribution in [0.3, 0.4) is 0 Å². The number of hydrogen-bond donors (Lipinski definition) is 0. The SMILES string of the molecule is CC=C(C)C1[C@@H](C=O)[C@H]2[C@@H](C[C@@H]1C)[C@@H](OC(=O)c1ccccc1)CC[C@@H]2C. The molecule has 7 atom stereocenters. The van der Waals surface area contributed by atoms with Crippen molar-refractivity contribution in [1.82, 2.24) is 0 Å². The molecule has 1 aromatic rings. The van der Waals surface area contributed by atoms with Crippen molar-refractivity contribution in [2.45, 2.75) is 53.1 Å². The van der Waals surface area contributed by atoms with Crippen molar-refractivity contribution in [2.75, 3.05) is 0 Å². The van der Waals surface area contributed by atoms with Gasteiger partial charge in [-0.1, -0.05) is 43.7 Å². The number of hydrogen-bond acceptors (Lipinski definition) is 3. The van der Waals surface area contributed by atoms with E-state index in [4.69, 9.17) is 4.74 Å². The van der Waals surface area contributed by atoms with Crippen molar-refractivity contribution in [1.29, 1.82) is 0 Å². The van der Waals surface area contributed by atoms with Crippen LogP contribution < -0.4 is 0 Å². The molecule has 1 unspecified atom stereocenters. The van der Waals surface area contributed by atoms with E-state index in [1.807, 2.05) is 18.2 Å². The van der Waals surface area contributed by atoms with E-state index in [1.54, 1.807) is 12.1 Å². The van der Waals surface area contributed by atoms with Gasteiger partial charge in [0.2, 0.25) is 0 Å². The molecule has 0 amide bonds.